The third-order valence-corrected chi connectivity index (χ3v) is 2.40. The van der Waals surface area contributed by atoms with Crippen LogP contribution in [0.1, 0.15) is 10.4 Å². The first kappa shape index (κ1) is 10.4. The molecule has 0 spiro atoms. The van der Waals surface area contributed by atoms with E-state index >= 15 is 0 Å². The number of aromatic nitrogens is 1. The normalized spacial score (nSPS) is 10.1. The number of benzene rings is 1. The fourth-order valence-electron chi connectivity index (χ4n) is 1.62. The number of nitrogen functional groups attached to an aromatic ring is 1. The molecule has 0 bridgehead atoms. The zero-order valence-corrected chi connectivity index (χ0v) is 8.82. The van der Waals surface area contributed by atoms with Crippen LogP contribution in [0, 0.1) is 0 Å². The molecule has 0 radical (unpaired) electrons. The average molecular weight is 216 g/mol. The zero-order chi connectivity index (χ0) is 11.5. The van der Waals surface area contributed by atoms with Gasteiger partial charge in [-0.2, -0.15) is 0 Å². The van der Waals surface area contributed by atoms with E-state index in [0.29, 0.717) is 11.4 Å². The maximum atomic E-state index is 11.6. The number of carbonyl (C=O) groups excluding carboxylic acids is 1. The fourth-order valence-corrected chi connectivity index (χ4v) is 1.62. The molecule has 0 unspecified atom stereocenters. The van der Waals surface area contributed by atoms with Crippen molar-refractivity contribution in [1.82, 2.24) is 10.3 Å². The highest BCUT2D eigenvalue weighted by Crippen LogP contribution is 2.23. The van der Waals surface area contributed by atoms with Gasteiger partial charge in [-0.25, -0.2) is 10.8 Å². The number of anilines is 1. The monoisotopic (exact) mass is 216 g/mol. The summed E-state index contributed by atoms with van der Waals surface area (Å²) < 4.78 is 0. The fraction of sp³-hybridized carbons (Fsp3) is 0.0909. The van der Waals surface area contributed by atoms with Gasteiger partial charge in [0.15, 0.2) is 0 Å². The highest BCUT2D eigenvalue weighted by molar-refractivity contribution is 6.09. The number of fused-ring (bicyclic) bond motifs is 1. The number of nitrogens with two attached hydrogens (primary N) is 1. The molecule has 1 aromatic heterocycles. The molecule has 5 nitrogen and oxygen atoms in total. The molecule has 0 aliphatic carbocycles. The van der Waals surface area contributed by atoms with Crippen molar-refractivity contribution in [3.05, 3.63) is 36.0 Å². The van der Waals surface area contributed by atoms with E-state index in [4.69, 9.17) is 5.84 Å². The van der Waals surface area contributed by atoms with E-state index in [1.54, 1.807) is 7.05 Å². The summed E-state index contributed by atoms with van der Waals surface area (Å²) in [7, 11) is 1.59. The van der Waals surface area contributed by atoms with Crippen molar-refractivity contribution < 1.29 is 4.79 Å². The molecule has 2 rings (SSSR count). The van der Waals surface area contributed by atoms with Crippen molar-refractivity contribution in [2.45, 2.75) is 0 Å². The Hall–Kier alpha value is -2.14. The van der Waals surface area contributed by atoms with Crippen LogP contribution in [0.4, 0.5) is 5.82 Å². The van der Waals surface area contributed by atoms with Gasteiger partial charge in [-0.1, -0.05) is 24.3 Å². The lowest BCUT2D eigenvalue weighted by molar-refractivity contribution is 0.0964. The molecule has 1 heterocycles. The van der Waals surface area contributed by atoms with Crippen LogP contribution in [-0.4, -0.2) is 17.9 Å². The van der Waals surface area contributed by atoms with Crippen molar-refractivity contribution in [2.75, 3.05) is 12.5 Å². The lowest BCUT2D eigenvalue weighted by Crippen LogP contribution is -2.19. The van der Waals surface area contributed by atoms with Crippen molar-refractivity contribution in [3.63, 3.8) is 0 Å². The summed E-state index contributed by atoms with van der Waals surface area (Å²) in [5, 5.41) is 4.23. The smallest absolute Gasteiger partial charge is 0.253 e. The third-order valence-electron chi connectivity index (χ3n) is 2.40. The second kappa shape index (κ2) is 4.16. The summed E-state index contributed by atoms with van der Waals surface area (Å²) in [5.74, 6) is 5.76. The Morgan fingerprint density at radius 3 is 2.62 bits per heavy atom. The summed E-state index contributed by atoms with van der Waals surface area (Å²) in [6.07, 6.45) is 1.51. The minimum Gasteiger partial charge on any atom is -0.355 e. The quantitative estimate of drug-likeness (QED) is 0.514. The highest BCUT2D eigenvalue weighted by Gasteiger charge is 2.11. The first-order valence-electron chi connectivity index (χ1n) is 4.84. The molecule has 0 aliphatic heterocycles. The minimum absolute atomic E-state index is 0.160. The average Bonchev–Trinajstić information content (AvgIpc) is 2.36. The summed E-state index contributed by atoms with van der Waals surface area (Å²) in [6, 6.07) is 7.47. The molecule has 0 saturated carbocycles. The lowest BCUT2D eigenvalue weighted by atomic mass is 10.1. The van der Waals surface area contributed by atoms with E-state index in [1.807, 2.05) is 24.3 Å². The number of pyridine rings is 1. The van der Waals surface area contributed by atoms with Crippen LogP contribution < -0.4 is 16.6 Å². The Morgan fingerprint density at radius 2 is 2.00 bits per heavy atom. The van der Waals surface area contributed by atoms with Gasteiger partial charge in [-0.15, -0.1) is 0 Å². The van der Waals surface area contributed by atoms with E-state index in [-0.39, 0.29) is 5.91 Å². The third kappa shape index (κ3) is 1.57. The van der Waals surface area contributed by atoms with Gasteiger partial charge in [0, 0.05) is 18.6 Å². The van der Waals surface area contributed by atoms with Crippen LogP contribution in [0.15, 0.2) is 30.5 Å². The van der Waals surface area contributed by atoms with Crippen LogP contribution in [0.25, 0.3) is 10.8 Å². The first-order valence-corrected chi connectivity index (χ1v) is 4.84. The molecule has 1 aromatic carbocycles. The predicted molar refractivity (Wildman–Crippen MR) is 62.9 cm³/mol. The van der Waals surface area contributed by atoms with Crippen LogP contribution in [0.3, 0.4) is 0 Å². The molecular weight excluding hydrogens is 204 g/mol. The second-order valence-electron chi connectivity index (χ2n) is 3.29. The van der Waals surface area contributed by atoms with Crippen molar-refractivity contribution in [1.29, 1.82) is 0 Å². The lowest BCUT2D eigenvalue weighted by Gasteiger charge is -2.08. The van der Waals surface area contributed by atoms with Gasteiger partial charge in [0.05, 0.1) is 5.56 Å². The number of carbonyl (C=O) groups is 1. The van der Waals surface area contributed by atoms with Gasteiger partial charge < -0.3 is 10.7 Å². The molecular formula is C11H12N4O. The predicted octanol–water partition coefficient (Wildman–Crippen LogP) is 0.880. The van der Waals surface area contributed by atoms with E-state index < -0.39 is 0 Å². The molecule has 4 N–H and O–H groups in total. The molecule has 2 aromatic rings. The maximum Gasteiger partial charge on any atom is 0.253 e. The van der Waals surface area contributed by atoms with Gasteiger partial charge in [0.1, 0.15) is 5.82 Å². The minimum atomic E-state index is -0.160. The summed E-state index contributed by atoms with van der Waals surface area (Å²) in [4.78, 5) is 15.7. The van der Waals surface area contributed by atoms with Crippen LogP contribution >= 0.6 is 0 Å². The van der Waals surface area contributed by atoms with Gasteiger partial charge in [-0.05, 0) is 5.39 Å². The molecule has 16 heavy (non-hydrogen) atoms. The Balaban J connectivity index is 2.74. The standard InChI is InChI=1S/C11H12N4O/c1-13-11(16)9-6-14-10(15-12)8-5-3-2-4-7(8)9/h2-6H,12H2,1H3,(H,13,16)(H,14,15). The molecule has 1 amide bonds. The van der Waals surface area contributed by atoms with Gasteiger partial charge >= 0.3 is 0 Å². The number of amides is 1. The number of rotatable bonds is 2. The molecule has 5 heteroatoms. The summed E-state index contributed by atoms with van der Waals surface area (Å²) >= 11 is 0. The largest absolute Gasteiger partial charge is 0.355 e. The van der Waals surface area contributed by atoms with Gasteiger partial charge in [0.2, 0.25) is 0 Å². The Bertz CT molecular complexity index is 538. The van der Waals surface area contributed by atoms with Crippen molar-refractivity contribution in [2.24, 2.45) is 5.84 Å². The van der Waals surface area contributed by atoms with Crippen molar-refractivity contribution >= 4 is 22.5 Å². The van der Waals surface area contributed by atoms with E-state index in [0.717, 1.165) is 10.8 Å². The maximum absolute atomic E-state index is 11.6. The SMILES string of the molecule is CNC(=O)c1cnc(NN)c2ccccc12. The molecule has 0 saturated heterocycles. The van der Waals surface area contributed by atoms with E-state index in [9.17, 15) is 4.79 Å². The Labute approximate surface area is 92.6 Å². The van der Waals surface area contributed by atoms with Crippen LogP contribution in [0.2, 0.25) is 0 Å². The summed E-state index contributed by atoms with van der Waals surface area (Å²) in [6.45, 7) is 0. The number of hydrogen-bond donors (Lipinski definition) is 3. The number of nitrogens with one attached hydrogen (secondary N) is 2. The van der Waals surface area contributed by atoms with Crippen LogP contribution in [-0.2, 0) is 0 Å². The molecule has 0 atom stereocenters. The first-order chi connectivity index (χ1) is 7.77. The zero-order valence-electron chi connectivity index (χ0n) is 8.82. The second-order valence-corrected chi connectivity index (χ2v) is 3.29. The Morgan fingerprint density at radius 1 is 1.31 bits per heavy atom. The Kier molecular flexibility index (Phi) is 2.70. The molecule has 0 fully saturated rings. The number of hydrogen-bond acceptors (Lipinski definition) is 4. The highest BCUT2D eigenvalue weighted by atomic mass is 16.1. The summed E-state index contributed by atoms with van der Waals surface area (Å²) in [5.41, 5.74) is 3.05. The number of nitrogens with zero attached hydrogens (tertiary/aromatic N) is 1. The van der Waals surface area contributed by atoms with Crippen molar-refractivity contribution in [3.8, 4) is 0 Å². The van der Waals surface area contributed by atoms with Gasteiger partial charge in [-0.3, -0.25) is 4.79 Å². The molecule has 0 aliphatic rings. The van der Waals surface area contributed by atoms with E-state index in [1.165, 1.54) is 6.20 Å². The van der Waals surface area contributed by atoms with E-state index in [2.05, 4.69) is 15.7 Å². The number of hydrazine groups is 1. The molecule has 82 valence electrons. The topological polar surface area (TPSA) is 80.0 Å². The van der Waals surface area contributed by atoms with Crippen LogP contribution in [0.5, 0.6) is 0 Å². The van der Waals surface area contributed by atoms with Gasteiger partial charge in [0.25, 0.3) is 5.91 Å².